The van der Waals surface area contributed by atoms with Gasteiger partial charge in [-0.3, -0.25) is 14.9 Å². The second-order valence-corrected chi connectivity index (χ2v) is 4.23. The molecule has 0 N–H and O–H groups in total. The second-order valence-electron chi connectivity index (χ2n) is 4.23. The smallest absolute Gasteiger partial charge is 0.308 e. The molecule has 0 saturated heterocycles. The van der Waals surface area contributed by atoms with Crippen molar-refractivity contribution in [2.24, 2.45) is 0 Å². The van der Waals surface area contributed by atoms with Gasteiger partial charge in [0.2, 0.25) is 5.82 Å². The zero-order valence-corrected chi connectivity index (χ0v) is 10.8. The van der Waals surface area contributed by atoms with Gasteiger partial charge in [0.15, 0.2) is 0 Å². The molecule has 0 unspecified atom stereocenters. The van der Waals surface area contributed by atoms with Gasteiger partial charge in [0.1, 0.15) is 5.82 Å². The lowest BCUT2D eigenvalue weighted by Crippen LogP contribution is -2.37. The minimum Gasteiger partial charge on any atom is -0.336 e. The van der Waals surface area contributed by atoms with Crippen LogP contribution in [0.15, 0.2) is 12.1 Å². The summed E-state index contributed by atoms with van der Waals surface area (Å²) in [6.07, 6.45) is 0. The molecular formula is C12H14F2N2O3. The van der Waals surface area contributed by atoms with E-state index in [1.807, 2.05) is 0 Å². The molecule has 0 saturated carbocycles. The first-order valence-corrected chi connectivity index (χ1v) is 5.74. The van der Waals surface area contributed by atoms with E-state index in [4.69, 9.17) is 0 Å². The Balaban J connectivity index is 3.34. The normalized spacial score (nSPS) is 10.6. The van der Waals surface area contributed by atoms with Crippen molar-refractivity contribution in [2.75, 3.05) is 6.54 Å². The topological polar surface area (TPSA) is 63.5 Å². The van der Waals surface area contributed by atoms with Crippen LogP contribution in [0.25, 0.3) is 0 Å². The molecule has 0 aliphatic heterocycles. The standard InChI is InChI=1S/C12H14F2N2O3/c1-4-15(7(2)3)12(17)9-5-8(13)6-10(11(9)14)16(18)19/h5-7H,4H2,1-3H3. The summed E-state index contributed by atoms with van der Waals surface area (Å²) in [5, 5.41) is 10.6. The highest BCUT2D eigenvalue weighted by atomic mass is 19.1. The van der Waals surface area contributed by atoms with Crippen LogP contribution >= 0.6 is 0 Å². The molecule has 0 spiro atoms. The van der Waals surface area contributed by atoms with Crippen LogP contribution in [0.5, 0.6) is 0 Å². The number of nitro benzene ring substituents is 1. The predicted octanol–water partition coefficient (Wildman–Crippen LogP) is 2.74. The summed E-state index contributed by atoms with van der Waals surface area (Å²) in [6, 6.07) is 0.909. The van der Waals surface area contributed by atoms with E-state index >= 15 is 0 Å². The van der Waals surface area contributed by atoms with Crippen molar-refractivity contribution in [2.45, 2.75) is 26.8 Å². The molecule has 0 fully saturated rings. The fourth-order valence-electron chi connectivity index (χ4n) is 1.76. The van der Waals surface area contributed by atoms with Crippen molar-refractivity contribution in [1.29, 1.82) is 0 Å². The van der Waals surface area contributed by atoms with Crippen LogP contribution in [0.1, 0.15) is 31.1 Å². The first-order chi connectivity index (χ1) is 8.79. The molecule has 1 rings (SSSR count). The predicted molar refractivity (Wildman–Crippen MR) is 64.9 cm³/mol. The lowest BCUT2D eigenvalue weighted by Gasteiger charge is -2.25. The van der Waals surface area contributed by atoms with Crippen molar-refractivity contribution >= 4 is 11.6 Å². The summed E-state index contributed by atoms with van der Waals surface area (Å²) in [5.41, 5.74) is -1.66. The monoisotopic (exact) mass is 272 g/mol. The zero-order chi connectivity index (χ0) is 14.7. The van der Waals surface area contributed by atoms with E-state index in [-0.39, 0.29) is 6.04 Å². The van der Waals surface area contributed by atoms with Gasteiger partial charge < -0.3 is 4.90 Å². The van der Waals surface area contributed by atoms with Crippen molar-refractivity contribution in [3.05, 3.63) is 39.4 Å². The number of halogens is 2. The maximum absolute atomic E-state index is 13.9. The number of carbonyl (C=O) groups excluding carboxylic acids is 1. The van der Waals surface area contributed by atoms with Gasteiger partial charge in [-0.05, 0) is 26.8 Å². The van der Waals surface area contributed by atoms with Crippen molar-refractivity contribution in [3.8, 4) is 0 Å². The molecule has 0 bridgehead atoms. The number of carbonyl (C=O) groups is 1. The van der Waals surface area contributed by atoms with Crippen LogP contribution in [0.2, 0.25) is 0 Å². The summed E-state index contributed by atoms with van der Waals surface area (Å²) < 4.78 is 27.1. The molecule has 5 nitrogen and oxygen atoms in total. The van der Waals surface area contributed by atoms with Crippen molar-refractivity contribution in [1.82, 2.24) is 4.90 Å². The third-order valence-corrected chi connectivity index (χ3v) is 2.67. The molecule has 1 aromatic rings. The first kappa shape index (κ1) is 15.0. The van der Waals surface area contributed by atoms with Gasteiger partial charge in [-0.1, -0.05) is 0 Å². The van der Waals surface area contributed by atoms with Crippen LogP contribution in [0, 0.1) is 21.7 Å². The van der Waals surface area contributed by atoms with Gasteiger partial charge in [-0.25, -0.2) is 4.39 Å². The molecular weight excluding hydrogens is 258 g/mol. The molecule has 0 atom stereocenters. The van der Waals surface area contributed by atoms with E-state index in [1.165, 1.54) is 4.90 Å². The van der Waals surface area contributed by atoms with Gasteiger partial charge in [-0.2, -0.15) is 4.39 Å². The zero-order valence-electron chi connectivity index (χ0n) is 10.8. The highest BCUT2D eigenvalue weighted by molar-refractivity contribution is 5.95. The maximum atomic E-state index is 13.9. The number of hydrogen-bond donors (Lipinski definition) is 0. The average Bonchev–Trinajstić information content (AvgIpc) is 2.31. The van der Waals surface area contributed by atoms with Gasteiger partial charge in [-0.15, -0.1) is 0 Å². The van der Waals surface area contributed by atoms with E-state index in [0.29, 0.717) is 18.7 Å². The minimum atomic E-state index is -1.31. The number of hydrogen-bond acceptors (Lipinski definition) is 3. The lowest BCUT2D eigenvalue weighted by molar-refractivity contribution is -0.387. The van der Waals surface area contributed by atoms with Gasteiger partial charge in [0.05, 0.1) is 16.6 Å². The molecule has 0 aliphatic carbocycles. The summed E-state index contributed by atoms with van der Waals surface area (Å²) in [6.45, 7) is 5.41. The number of nitrogens with zero attached hydrogens (tertiary/aromatic N) is 2. The first-order valence-electron chi connectivity index (χ1n) is 5.74. The molecule has 0 aliphatic rings. The fourth-order valence-corrected chi connectivity index (χ4v) is 1.76. The Morgan fingerprint density at radius 2 is 2.00 bits per heavy atom. The number of benzene rings is 1. The van der Waals surface area contributed by atoms with Crippen molar-refractivity contribution < 1.29 is 18.5 Å². The van der Waals surface area contributed by atoms with E-state index in [1.54, 1.807) is 20.8 Å². The van der Waals surface area contributed by atoms with E-state index in [9.17, 15) is 23.7 Å². The Morgan fingerprint density at radius 3 is 2.42 bits per heavy atom. The molecule has 7 heteroatoms. The number of amides is 1. The van der Waals surface area contributed by atoms with Gasteiger partial charge in [0.25, 0.3) is 5.91 Å². The van der Waals surface area contributed by atoms with Crippen LogP contribution in [-0.2, 0) is 0 Å². The Hall–Kier alpha value is -2.05. The summed E-state index contributed by atoms with van der Waals surface area (Å²) in [5.74, 6) is -3.09. The van der Waals surface area contributed by atoms with Crippen LogP contribution in [-0.4, -0.2) is 28.3 Å². The maximum Gasteiger partial charge on any atom is 0.308 e. The Kier molecular flexibility index (Phi) is 4.52. The summed E-state index contributed by atoms with van der Waals surface area (Å²) >= 11 is 0. The SMILES string of the molecule is CCN(C(=O)c1cc(F)cc([N+](=O)[O-])c1F)C(C)C. The Labute approximate surface area is 109 Å². The van der Waals surface area contributed by atoms with Gasteiger partial charge >= 0.3 is 5.69 Å². The largest absolute Gasteiger partial charge is 0.336 e. The molecule has 1 amide bonds. The third kappa shape index (κ3) is 3.04. The Morgan fingerprint density at radius 1 is 1.42 bits per heavy atom. The lowest BCUT2D eigenvalue weighted by atomic mass is 10.1. The third-order valence-electron chi connectivity index (χ3n) is 2.67. The van der Waals surface area contributed by atoms with E-state index < -0.39 is 33.7 Å². The number of rotatable bonds is 4. The molecule has 104 valence electrons. The molecule has 0 aromatic heterocycles. The van der Waals surface area contributed by atoms with Crippen LogP contribution in [0.3, 0.4) is 0 Å². The fraction of sp³-hybridized carbons (Fsp3) is 0.417. The highest BCUT2D eigenvalue weighted by Crippen LogP contribution is 2.24. The van der Waals surface area contributed by atoms with E-state index in [2.05, 4.69) is 0 Å². The van der Waals surface area contributed by atoms with Crippen molar-refractivity contribution in [3.63, 3.8) is 0 Å². The van der Waals surface area contributed by atoms with Gasteiger partial charge in [0, 0.05) is 12.6 Å². The number of nitro groups is 1. The molecule has 0 heterocycles. The Bertz CT molecular complexity index is 518. The molecule has 1 aromatic carbocycles. The average molecular weight is 272 g/mol. The van der Waals surface area contributed by atoms with Crippen LogP contribution in [0.4, 0.5) is 14.5 Å². The summed E-state index contributed by atoms with van der Waals surface area (Å²) in [4.78, 5) is 22.9. The minimum absolute atomic E-state index is 0.223. The molecule has 19 heavy (non-hydrogen) atoms. The highest BCUT2D eigenvalue weighted by Gasteiger charge is 2.27. The summed E-state index contributed by atoms with van der Waals surface area (Å²) in [7, 11) is 0. The van der Waals surface area contributed by atoms with E-state index in [0.717, 1.165) is 0 Å². The second kappa shape index (κ2) is 5.73. The molecule has 0 radical (unpaired) electrons. The van der Waals surface area contributed by atoms with Crippen LogP contribution < -0.4 is 0 Å². The quantitative estimate of drug-likeness (QED) is 0.625.